The largest absolute Gasteiger partial charge is 0.480 e. The molecule has 0 saturated carbocycles. The fourth-order valence-electron chi connectivity index (χ4n) is 5.73. The van der Waals surface area contributed by atoms with Crippen LogP contribution in [0.1, 0.15) is 24.2 Å². The minimum absolute atomic E-state index is 0.0319. The topological polar surface area (TPSA) is 145 Å². The molecule has 17 heteroatoms. The van der Waals surface area contributed by atoms with Gasteiger partial charge in [-0.15, -0.1) is 0 Å². The number of aryl methyl sites for hydroxylation is 1. The lowest BCUT2D eigenvalue weighted by molar-refractivity contribution is -0.141. The molecule has 50 heavy (non-hydrogen) atoms. The summed E-state index contributed by atoms with van der Waals surface area (Å²) in [7, 11) is 3.96. The average Bonchev–Trinajstić information content (AvgIpc) is 3.51. The number of carbonyl (C=O) groups excluding carboxylic acids is 1. The number of halogens is 5. The second-order valence-corrected chi connectivity index (χ2v) is 12.3. The summed E-state index contributed by atoms with van der Waals surface area (Å²) >= 11 is 13.8. The van der Waals surface area contributed by atoms with Crippen LogP contribution >= 0.6 is 23.2 Å². The number of hydrogen-bond acceptors (Lipinski definition) is 9. The zero-order chi connectivity index (χ0) is 35.9. The number of carbonyl (C=O) groups is 1. The fraction of sp³-hybridized carbons (Fsp3) is 0.273. The first-order chi connectivity index (χ1) is 23.8. The van der Waals surface area contributed by atoms with Gasteiger partial charge in [-0.1, -0.05) is 53.5 Å². The Morgan fingerprint density at radius 2 is 1.70 bits per heavy atom. The summed E-state index contributed by atoms with van der Waals surface area (Å²) in [5.41, 5.74) is -0.707. The van der Waals surface area contributed by atoms with Gasteiger partial charge in [-0.2, -0.15) is 13.2 Å². The van der Waals surface area contributed by atoms with Gasteiger partial charge in [-0.25, -0.2) is 14.8 Å². The Balaban J connectivity index is 1.34. The van der Waals surface area contributed by atoms with Crippen LogP contribution in [0.25, 0.3) is 33.3 Å². The molecule has 1 amide bonds. The maximum absolute atomic E-state index is 13.9. The minimum atomic E-state index is -4.88. The van der Waals surface area contributed by atoms with E-state index < -0.39 is 28.9 Å². The van der Waals surface area contributed by atoms with Gasteiger partial charge in [0, 0.05) is 56.3 Å². The summed E-state index contributed by atoms with van der Waals surface area (Å²) in [6, 6.07) is 10.7. The standard InChI is InChI=1S/C33H29Cl2F3N8O4/c1-45-23-12-24(33(36,37)38)44-29(26(23)31(48)46(2)32(45)49)42-20-9-5-7-18(28(20)35)17-6-4-8-19(27(17)34)21-15-40-22(30(43-21)50-3)14-39-13-16-10-11-25(47)41-16/h4-9,12,15-16,39H,10-11,13-14H2,1-3H3,(H,41,47)(H,42,44)/t16-/m0/s1. The number of anilines is 2. The van der Waals surface area contributed by atoms with E-state index in [9.17, 15) is 27.6 Å². The Kier molecular flexibility index (Phi) is 9.57. The molecule has 1 aliphatic rings. The number of benzene rings is 2. The summed E-state index contributed by atoms with van der Waals surface area (Å²) in [5, 5.41) is 9.06. The lowest BCUT2D eigenvalue weighted by atomic mass is 10.0. The molecule has 260 valence electrons. The molecule has 1 fully saturated rings. The van der Waals surface area contributed by atoms with E-state index in [0.29, 0.717) is 53.7 Å². The first-order valence-electron chi connectivity index (χ1n) is 15.2. The monoisotopic (exact) mass is 728 g/mol. The van der Waals surface area contributed by atoms with E-state index in [-0.39, 0.29) is 44.5 Å². The Morgan fingerprint density at radius 3 is 2.38 bits per heavy atom. The van der Waals surface area contributed by atoms with Crippen molar-refractivity contribution in [2.45, 2.75) is 31.6 Å². The number of nitrogens with one attached hydrogen (secondary N) is 3. The number of hydrogen-bond donors (Lipinski definition) is 3. The maximum Gasteiger partial charge on any atom is 0.433 e. The number of methoxy groups -OCH3 is 1. The van der Waals surface area contributed by atoms with Gasteiger partial charge in [0.2, 0.25) is 11.8 Å². The highest BCUT2D eigenvalue weighted by atomic mass is 35.5. The molecule has 0 spiro atoms. The highest BCUT2D eigenvalue weighted by Gasteiger charge is 2.34. The second kappa shape index (κ2) is 13.7. The SMILES string of the molecule is COc1nc(-c2cccc(-c3cccc(Nc4nc(C(F)(F)F)cc5c4c(=O)n(C)c(=O)n5C)c3Cl)c2Cl)cnc1CNC[C@@H]1CCC(=O)N1. The number of nitrogens with zero attached hydrogens (tertiary/aromatic N) is 5. The van der Waals surface area contributed by atoms with Crippen LogP contribution in [0.15, 0.2) is 58.3 Å². The molecule has 2 aromatic carbocycles. The summed E-state index contributed by atoms with van der Waals surface area (Å²) < 4.78 is 48.9. The van der Waals surface area contributed by atoms with Crippen molar-refractivity contribution in [2.75, 3.05) is 19.0 Å². The number of amides is 1. The molecule has 5 aromatic rings. The molecular weight excluding hydrogens is 700 g/mol. The first kappa shape index (κ1) is 34.9. The van der Waals surface area contributed by atoms with Crippen molar-refractivity contribution in [2.24, 2.45) is 14.1 Å². The third kappa shape index (κ3) is 6.63. The molecule has 0 aliphatic carbocycles. The lowest BCUT2D eigenvalue weighted by Gasteiger charge is -2.17. The molecule has 4 heterocycles. The Labute approximate surface area is 292 Å². The normalized spacial score (nSPS) is 14.6. The molecule has 6 rings (SSSR count). The van der Waals surface area contributed by atoms with Gasteiger partial charge in [-0.3, -0.25) is 23.7 Å². The zero-order valence-electron chi connectivity index (χ0n) is 26.8. The van der Waals surface area contributed by atoms with Crippen LogP contribution in [0.3, 0.4) is 0 Å². The van der Waals surface area contributed by atoms with Gasteiger partial charge >= 0.3 is 11.9 Å². The highest BCUT2D eigenvalue weighted by molar-refractivity contribution is 6.39. The molecule has 0 unspecified atom stereocenters. The van der Waals surface area contributed by atoms with E-state index in [1.807, 2.05) is 0 Å². The van der Waals surface area contributed by atoms with Crippen molar-refractivity contribution in [3.05, 3.63) is 90.9 Å². The fourth-order valence-corrected chi connectivity index (χ4v) is 6.33. The van der Waals surface area contributed by atoms with Crippen LogP contribution in [-0.2, 0) is 31.6 Å². The van der Waals surface area contributed by atoms with Crippen molar-refractivity contribution < 1.29 is 22.7 Å². The number of aromatic nitrogens is 5. The van der Waals surface area contributed by atoms with Crippen molar-refractivity contribution >= 4 is 51.5 Å². The Morgan fingerprint density at radius 1 is 1.00 bits per heavy atom. The number of rotatable bonds is 9. The van der Waals surface area contributed by atoms with Crippen LogP contribution in [0.4, 0.5) is 24.7 Å². The molecule has 0 radical (unpaired) electrons. The molecule has 1 atom stereocenters. The predicted octanol–water partition coefficient (Wildman–Crippen LogP) is 5.20. The summed E-state index contributed by atoms with van der Waals surface area (Å²) in [5.74, 6) is -0.125. The molecular formula is C33H29Cl2F3N8O4. The van der Waals surface area contributed by atoms with Crippen LogP contribution in [0.5, 0.6) is 5.88 Å². The first-order valence-corrected chi connectivity index (χ1v) is 16.0. The van der Waals surface area contributed by atoms with Crippen molar-refractivity contribution in [3.63, 3.8) is 0 Å². The number of alkyl halides is 3. The molecule has 1 saturated heterocycles. The lowest BCUT2D eigenvalue weighted by Crippen LogP contribution is -2.37. The van der Waals surface area contributed by atoms with E-state index in [0.717, 1.165) is 15.6 Å². The van der Waals surface area contributed by atoms with Crippen LogP contribution < -0.4 is 31.9 Å². The van der Waals surface area contributed by atoms with Gasteiger partial charge in [0.15, 0.2) is 0 Å². The van der Waals surface area contributed by atoms with E-state index in [1.54, 1.807) is 36.5 Å². The van der Waals surface area contributed by atoms with Gasteiger partial charge in [0.05, 0.1) is 40.2 Å². The van der Waals surface area contributed by atoms with Gasteiger partial charge < -0.3 is 20.7 Å². The van der Waals surface area contributed by atoms with E-state index >= 15 is 0 Å². The van der Waals surface area contributed by atoms with E-state index in [4.69, 9.17) is 27.9 Å². The highest BCUT2D eigenvalue weighted by Crippen LogP contribution is 2.42. The summed E-state index contributed by atoms with van der Waals surface area (Å²) in [6.45, 7) is 0.918. The van der Waals surface area contributed by atoms with Crippen molar-refractivity contribution in [3.8, 4) is 28.3 Å². The number of pyridine rings is 1. The Bertz CT molecular complexity index is 2280. The van der Waals surface area contributed by atoms with E-state index in [2.05, 4.69) is 30.9 Å². The molecule has 0 bridgehead atoms. The third-order valence-corrected chi connectivity index (χ3v) is 9.15. The number of ether oxygens (including phenoxy) is 1. The minimum Gasteiger partial charge on any atom is -0.480 e. The van der Waals surface area contributed by atoms with Gasteiger partial charge in [-0.05, 0) is 18.6 Å². The maximum atomic E-state index is 13.9. The van der Waals surface area contributed by atoms with Gasteiger partial charge in [0.25, 0.3) is 5.56 Å². The van der Waals surface area contributed by atoms with Crippen LogP contribution in [-0.4, -0.2) is 49.7 Å². The second-order valence-electron chi connectivity index (χ2n) is 11.6. The quantitative estimate of drug-likeness (QED) is 0.187. The smallest absolute Gasteiger partial charge is 0.433 e. The van der Waals surface area contributed by atoms with Crippen molar-refractivity contribution in [1.82, 2.24) is 34.7 Å². The molecule has 1 aliphatic heterocycles. The molecule has 3 N–H and O–H groups in total. The summed E-state index contributed by atoms with van der Waals surface area (Å²) in [4.78, 5) is 50.0. The molecule has 3 aromatic heterocycles. The molecule has 12 nitrogen and oxygen atoms in total. The van der Waals surface area contributed by atoms with Crippen LogP contribution in [0, 0.1) is 0 Å². The van der Waals surface area contributed by atoms with Crippen molar-refractivity contribution in [1.29, 1.82) is 0 Å². The van der Waals surface area contributed by atoms with Crippen LogP contribution in [0.2, 0.25) is 10.0 Å². The van der Waals surface area contributed by atoms with Gasteiger partial charge in [0.1, 0.15) is 22.6 Å². The van der Waals surface area contributed by atoms with E-state index in [1.165, 1.54) is 27.3 Å². The Hall–Kier alpha value is -4.99. The summed E-state index contributed by atoms with van der Waals surface area (Å²) in [6.07, 6.45) is -2.06. The third-order valence-electron chi connectivity index (χ3n) is 8.33. The average molecular weight is 730 g/mol. The zero-order valence-corrected chi connectivity index (χ0v) is 28.3. The predicted molar refractivity (Wildman–Crippen MR) is 183 cm³/mol. The number of fused-ring (bicyclic) bond motifs is 1.